The number of non-ortho nitro benzene ring substituents is 1. The largest absolute Gasteiger partial charge is 0.322 e. The summed E-state index contributed by atoms with van der Waals surface area (Å²) < 4.78 is 0. The highest BCUT2D eigenvalue weighted by Crippen LogP contribution is 2.32. The number of carbonyl (C=O) groups is 2. The van der Waals surface area contributed by atoms with E-state index in [0.717, 1.165) is 11.3 Å². The van der Waals surface area contributed by atoms with Gasteiger partial charge in [-0.3, -0.25) is 19.7 Å². The molecule has 2 aromatic carbocycles. The molecule has 7 nitrogen and oxygen atoms in total. The first-order valence-electron chi connectivity index (χ1n) is 8.57. The van der Waals surface area contributed by atoms with Crippen molar-refractivity contribution in [1.82, 2.24) is 0 Å². The van der Waals surface area contributed by atoms with E-state index in [-0.39, 0.29) is 17.2 Å². The summed E-state index contributed by atoms with van der Waals surface area (Å²) in [6.45, 7) is 0.592. The Balaban J connectivity index is 1.52. The summed E-state index contributed by atoms with van der Waals surface area (Å²) in [7, 11) is 0. The van der Waals surface area contributed by atoms with Gasteiger partial charge < -0.3 is 10.2 Å². The van der Waals surface area contributed by atoms with Crippen molar-refractivity contribution in [2.24, 2.45) is 0 Å². The molecule has 4 rings (SSSR count). The van der Waals surface area contributed by atoms with Gasteiger partial charge in [0.15, 0.2) is 0 Å². The number of rotatable bonds is 4. The molecule has 1 aliphatic heterocycles. The molecular formula is C20H15N3O4S. The van der Waals surface area contributed by atoms with Crippen LogP contribution in [0.4, 0.5) is 17.1 Å². The Kier molecular flexibility index (Phi) is 4.62. The molecule has 0 unspecified atom stereocenters. The maximum atomic E-state index is 12.6. The molecule has 0 bridgehead atoms. The zero-order valence-electron chi connectivity index (χ0n) is 14.6. The highest BCUT2D eigenvalue weighted by Gasteiger charge is 2.26. The number of nitrogens with one attached hydrogen (secondary N) is 1. The van der Waals surface area contributed by atoms with E-state index in [9.17, 15) is 19.7 Å². The number of benzene rings is 2. The fourth-order valence-corrected chi connectivity index (χ4v) is 3.86. The van der Waals surface area contributed by atoms with E-state index in [1.807, 2.05) is 23.6 Å². The van der Waals surface area contributed by atoms with Crippen LogP contribution in [0.3, 0.4) is 0 Å². The minimum absolute atomic E-state index is 0.0258. The van der Waals surface area contributed by atoms with Gasteiger partial charge in [-0.2, -0.15) is 0 Å². The van der Waals surface area contributed by atoms with Crippen molar-refractivity contribution in [2.45, 2.75) is 6.42 Å². The molecule has 3 aromatic rings. The lowest BCUT2D eigenvalue weighted by Gasteiger charge is -2.16. The number of hydrogen-bond donors (Lipinski definition) is 1. The van der Waals surface area contributed by atoms with Gasteiger partial charge in [0.1, 0.15) is 0 Å². The number of hydrogen-bond acceptors (Lipinski definition) is 5. The number of nitro groups is 1. The summed E-state index contributed by atoms with van der Waals surface area (Å²) in [5, 5.41) is 15.5. The van der Waals surface area contributed by atoms with Crippen molar-refractivity contribution in [2.75, 3.05) is 16.8 Å². The minimum atomic E-state index is -0.536. The van der Waals surface area contributed by atoms with Crippen LogP contribution in [0, 0.1) is 10.1 Å². The SMILES string of the molecule is O=C(Nc1ccc2c(c1)CCN2C(=O)c1cccs1)c1cccc([N+](=O)[O-])c1. The Bertz CT molecular complexity index is 1080. The van der Waals surface area contributed by atoms with Crippen LogP contribution in [0.15, 0.2) is 60.0 Å². The molecule has 0 aliphatic carbocycles. The number of amides is 2. The van der Waals surface area contributed by atoms with Crippen LogP contribution in [0.1, 0.15) is 25.6 Å². The molecule has 1 aliphatic rings. The average Bonchev–Trinajstić information content (AvgIpc) is 3.37. The Labute approximate surface area is 164 Å². The minimum Gasteiger partial charge on any atom is -0.322 e. The second-order valence-corrected chi connectivity index (χ2v) is 7.24. The third-order valence-corrected chi connectivity index (χ3v) is 5.39. The number of carbonyl (C=O) groups excluding carboxylic acids is 2. The predicted octanol–water partition coefficient (Wildman–Crippen LogP) is 4.11. The normalized spacial score (nSPS) is 12.5. The second-order valence-electron chi connectivity index (χ2n) is 6.29. The fourth-order valence-electron chi connectivity index (χ4n) is 3.19. The lowest BCUT2D eigenvalue weighted by molar-refractivity contribution is -0.384. The maximum Gasteiger partial charge on any atom is 0.270 e. The molecule has 0 radical (unpaired) electrons. The van der Waals surface area contributed by atoms with Gasteiger partial charge in [-0.25, -0.2) is 0 Å². The topological polar surface area (TPSA) is 92.6 Å². The van der Waals surface area contributed by atoms with E-state index in [2.05, 4.69) is 5.32 Å². The van der Waals surface area contributed by atoms with Crippen molar-refractivity contribution in [1.29, 1.82) is 0 Å². The van der Waals surface area contributed by atoms with E-state index in [1.54, 1.807) is 17.0 Å². The number of anilines is 2. The van der Waals surface area contributed by atoms with Crippen LogP contribution < -0.4 is 10.2 Å². The van der Waals surface area contributed by atoms with E-state index in [0.29, 0.717) is 23.5 Å². The van der Waals surface area contributed by atoms with Gasteiger partial charge in [0.2, 0.25) is 0 Å². The number of fused-ring (bicyclic) bond motifs is 1. The van der Waals surface area contributed by atoms with Crippen molar-refractivity contribution in [3.8, 4) is 0 Å². The van der Waals surface area contributed by atoms with E-state index in [1.165, 1.54) is 35.6 Å². The van der Waals surface area contributed by atoms with Crippen molar-refractivity contribution in [3.63, 3.8) is 0 Å². The van der Waals surface area contributed by atoms with Gasteiger partial charge >= 0.3 is 0 Å². The van der Waals surface area contributed by atoms with E-state index < -0.39 is 10.8 Å². The lowest BCUT2D eigenvalue weighted by atomic mass is 10.1. The zero-order valence-corrected chi connectivity index (χ0v) is 15.4. The highest BCUT2D eigenvalue weighted by atomic mass is 32.1. The van der Waals surface area contributed by atoms with Crippen molar-refractivity contribution < 1.29 is 14.5 Å². The fraction of sp³-hybridized carbons (Fsp3) is 0.100. The molecule has 0 saturated heterocycles. The molecule has 0 spiro atoms. The van der Waals surface area contributed by atoms with Crippen LogP contribution in [-0.4, -0.2) is 23.3 Å². The van der Waals surface area contributed by atoms with Gasteiger partial charge in [0, 0.05) is 35.6 Å². The quantitative estimate of drug-likeness (QED) is 0.533. The molecule has 0 saturated carbocycles. The Morgan fingerprint density at radius 3 is 2.71 bits per heavy atom. The summed E-state index contributed by atoms with van der Waals surface area (Å²) in [4.78, 5) is 37.8. The molecule has 140 valence electrons. The van der Waals surface area contributed by atoms with Gasteiger partial charge in [-0.1, -0.05) is 12.1 Å². The number of nitro benzene ring substituents is 1. The first kappa shape index (κ1) is 17.9. The molecule has 0 fully saturated rings. The molecule has 0 atom stereocenters. The summed E-state index contributed by atoms with van der Waals surface area (Å²) in [5.41, 5.74) is 2.47. The summed E-state index contributed by atoms with van der Waals surface area (Å²) in [5.74, 6) is -0.449. The summed E-state index contributed by atoms with van der Waals surface area (Å²) in [6, 6.07) is 14.6. The van der Waals surface area contributed by atoms with Crippen molar-refractivity contribution in [3.05, 3.63) is 86.1 Å². The Hall–Kier alpha value is -3.52. The first-order chi connectivity index (χ1) is 13.5. The van der Waals surface area contributed by atoms with Gasteiger partial charge in [-0.15, -0.1) is 11.3 Å². The van der Waals surface area contributed by atoms with Crippen LogP contribution in [0.5, 0.6) is 0 Å². The van der Waals surface area contributed by atoms with Crippen molar-refractivity contribution >= 4 is 40.2 Å². The molecule has 28 heavy (non-hydrogen) atoms. The van der Waals surface area contributed by atoms with Gasteiger partial charge in [-0.05, 0) is 47.7 Å². The summed E-state index contributed by atoms with van der Waals surface area (Å²) in [6.07, 6.45) is 0.701. The molecule has 8 heteroatoms. The molecule has 2 heterocycles. The summed E-state index contributed by atoms with van der Waals surface area (Å²) >= 11 is 1.41. The zero-order chi connectivity index (χ0) is 19.7. The first-order valence-corrected chi connectivity index (χ1v) is 9.45. The maximum absolute atomic E-state index is 12.6. The van der Waals surface area contributed by atoms with Gasteiger partial charge in [0.25, 0.3) is 17.5 Å². The molecule has 2 amide bonds. The van der Waals surface area contributed by atoms with E-state index >= 15 is 0 Å². The van der Waals surface area contributed by atoms with E-state index in [4.69, 9.17) is 0 Å². The average molecular weight is 393 g/mol. The highest BCUT2D eigenvalue weighted by molar-refractivity contribution is 7.12. The monoisotopic (exact) mass is 393 g/mol. The standard InChI is InChI=1S/C20H15N3O4S/c24-19(14-3-1-4-16(12-14)23(26)27)21-15-6-7-17-13(11-15)8-9-22(17)20(25)18-5-2-10-28-18/h1-7,10-12H,8-9H2,(H,21,24). The van der Waals surface area contributed by atoms with Crippen LogP contribution in [0.2, 0.25) is 0 Å². The van der Waals surface area contributed by atoms with Gasteiger partial charge in [0.05, 0.1) is 9.80 Å². The third kappa shape index (κ3) is 3.37. The Morgan fingerprint density at radius 1 is 1.11 bits per heavy atom. The van der Waals surface area contributed by atoms with Crippen LogP contribution in [-0.2, 0) is 6.42 Å². The smallest absolute Gasteiger partial charge is 0.270 e. The molecule has 1 N–H and O–H groups in total. The number of thiophene rings is 1. The molecule has 1 aromatic heterocycles. The van der Waals surface area contributed by atoms with Crippen LogP contribution >= 0.6 is 11.3 Å². The van der Waals surface area contributed by atoms with Crippen LogP contribution in [0.25, 0.3) is 0 Å². The predicted molar refractivity (Wildman–Crippen MR) is 107 cm³/mol. The second kappa shape index (κ2) is 7.24. The third-order valence-electron chi connectivity index (χ3n) is 4.53. The lowest BCUT2D eigenvalue weighted by Crippen LogP contribution is -2.28. The Morgan fingerprint density at radius 2 is 1.96 bits per heavy atom. The molecular weight excluding hydrogens is 378 g/mol. The number of nitrogens with zero attached hydrogens (tertiary/aromatic N) is 2.